The molecule has 1 N–H and O–H groups in total. The molecule has 0 spiro atoms. The quantitative estimate of drug-likeness (QED) is 0.894. The molecular weight excluding hydrogens is 238 g/mol. The van der Waals surface area contributed by atoms with E-state index in [0.29, 0.717) is 6.10 Å². The largest absolute Gasteiger partial charge is 0.382 e. The van der Waals surface area contributed by atoms with Crippen molar-refractivity contribution in [3.8, 4) is 0 Å². The third kappa shape index (κ3) is 3.35. The number of anilines is 1. The lowest BCUT2D eigenvalue weighted by Crippen LogP contribution is -2.18. The van der Waals surface area contributed by atoms with E-state index in [-0.39, 0.29) is 0 Å². The van der Waals surface area contributed by atoms with Gasteiger partial charge in [0.1, 0.15) is 0 Å². The van der Waals surface area contributed by atoms with Gasteiger partial charge in [0.05, 0.1) is 12.4 Å². The number of hydrogen-bond acceptors (Lipinski definition) is 3. The van der Waals surface area contributed by atoms with Crippen LogP contribution in [0.2, 0.25) is 0 Å². The summed E-state index contributed by atoms with van der Waals surface area (Å²) in [5.41, 5.74) is 2.43. The van der Waals surface area contributed by atoms with Crippen LogP contribution in [-0.2, 0) is 11.3 Å². The molecule has 1 aromatic carbocycles. The fourth-order valence-electron chi connectivity index (χ4n) is 2.41. The summed E-state index contributed by atoms with van der Waals surface area (Å²) in [6.07, 6.45) is 8.35. The number of benzene rings is 1. The summed E-state index contributed by atoms with van der Waals surface area (Å²) in [5, 5.41) is 3.46. The molecular formula is C15H19N3O. The Labute approximate surface area is 113 Å². The van der Waals surface area contributed by atoms with Gasteiger partial charge in [0.2, 0.25) is 0 Å². The van der Waals surface area contributed by atoms with Gasteiger partial charge in [-0.15, -0.1) is 0 Å². The van der Waals surface area contributed by atoms with E-state index in [1.807, 2.05) is 12.5 Å². The summed E-state index contributed by atoms with van der Waals surface area (Å²) < 4.78 is 7.68. The van der Waals surface area contributed by atoms with Crippen molar-refractivity contribution in [1.82, 2.24) is 9.55 Å². The van der Waals surface area contributed by atoms with Crippen molar-refractivity contribution in [2.45, 2.75) is 25.5 Å². The predicted octanol–water partition coefficient (Wildman–Crippen LogP) is 2.52. The highest BCUT2D eigenvalue weighted by Gasteiger charge is 2.14. The van der Waals surface area contributed by atoms with Crippen LogP contribution >= 0.6 is 0 Å². The summed E-state index contributed by atoms with van der Waals surface area (Å²) in [5.74, 6) is 0. The first-order valence-corrected chi connectivity index (χ1v) is 6.80. The molecule has 0 aliphatic carbocycles. The highest BCUT2D eigenvalue weighted by Crippen LogP contribution is 2.15. The van der Waals surface area contributed by atoms with Gasteiger partial charge in [0, 0.05) is 37.8 Å². The van der Waals surface area contributed by atoms with Crippen LogP contribution in [0.5, 0.6) is 0 Å². The molecule has 4 nitrogen and oxygen atoms in total. The minimum atomic E-state index is 0.373. The minimum Gasteiger partial charge on any atom is -0.382 e. The van der Waals surface area contributed by atoms with Gasteiger partial charge in [-0.3, -0.25) is 0 Å². The number of imidazole rings is 1. The molecule has 1 fully saturated rings. The molecule has 1 aliphatic heterocycles. The predicted molar refractivity (Wildman–Crippen MR) is 75.2 cm³/mol. The van der Waals surface area contributed by atoms with Crippen LogP contribution in [0.25, 0.3) is 0 Å². The molecule has 1 saturated heterocycles. The second kappa shape index (κ2) is 5.89. The van der Waals surface area contributed by atoms with E-state index in [2.05, 4.69) is 39.1 Å². The first kappa shape index (κ1) is 12.2. The minimum absolute atomic E-state index is 0.373. The zero-order chi connectivity index (χ0) is 12.9. The van der Waals surface area contributed by atoms with Crippen molar-refractivity contribution in [3.05, 3.63) is 48.5 Å². The van der Waals surface area contributed by atoms with E-state index >= 15 is 0 Å². The maximum Gasteiger partial charge on any atom is 0.0949 e. The van der Waals surface area contributed by atoms with Crippen molar-refractivity contribution in [2.24, 2.45) is 0 Å². The average Bonchev–Trinajstić information content (AvgIpc) is 3.10. The van der Waals surface area contributed by atoms with Gasteiger partial charge >= 0.3 is 0 Å². The van der Waals surface area contributed by atoms with E-state index in [1.165, 1.54) is 18.4 Å². The van der Waals surface area contributed by atoms with Gasteiger partial charge in [0.25, 0.3) is 0 Å². The van der Waals surface area contributed by atoms with E-state index in [0.717, 1.165) is 25.4 Å². The maximum absolute atomic E-state index is 5.62. The standard InChI is InChI=1S/C15H19N3O/c1-3-13(11-18-7-6-16-12-18)9-14(4-1)17-10-15-5-2-8-19-15/h1,3-4,6-7,9,12,15,17H,2,5,8,10-11H2. The van der Waals surface area contributed by atoms with Crippen LogP contribution in [0.15, 0.2) is 43.0 Å². The maximum atomic E-state index is 5.62. The summed E-state index contributed by atoms with van der Waals surface area (Å²) in [6.45, 7) is 2.66. The number of ether oxygens (including phenoxy) is 1. The molecule has 0 bridgehead atoms. The number of rotatable bonds is 5. The fraction of sp³-hybridized carbons (Fsp3) is 0.400. The Morgan fingerprint density at radius 2 is 2.42 bits per heavy atom. The Balaban J connectivity index is 1.59. The number of hydrogen-bond donors (Lipinski definition) is 1. The van der Waals surface area contributed by atoms with E-state index in [9.17, 15) is 0 Å². The molecule has 1 unspecified atom stereocenters. The Morgan fingerprint density at radius 3 is 3.21 bits per heavy atom. The van der Waals surface area contributed by atoms with Crippen molar-refractivity contribution in [3.63, 3.8) is 0 Å². The molecule has 2 heterocycles. The lowest BCUT2D eigenvalue weighted by Gasteiger charge is -2.13. The molecule has 1 aliphatic rings. The highest BCUT2D eigenvalue weighted by molar-refractivity contribution is 5.45. The number of aromatic nitrogens is 2. The molecule has 0 amide bonds. The summed E-state index contributed by atoms with van der Waals surface area (Å²) in [6, 6.07) is 8.52. The average molecular weight is 257 g/mol. The second-order valence-electron chi connectivity index (χ2n) is 4.95. The Bertz CT molecular complexity index is 504. The zero-order valence-electron chi connectivity index (χ0n) is 11.0. The zero-order valence-corrected chi connectivity index (χ0v) is 11.0. The Morgan fingerprint density at radius 1 is 1.42 bits per heavy atom. The third-order valence-corrected chi connectivity index (χ3v) is 3.41. The van der Waals surface area contributed by atoms with Crippen LogP contribution in [0.1, 0.15) is 18.4 Å². The van der Waals surface area contributed by atoms with Gasteiger partial charge < -0.3 is 14.6 Å². The summed E-state index contributed by atoms with van der Waals surface area (Å²) in [7, 11) is 0. The van der Waals surface area contributed by atoms with Crippen LogP contribution in [-0.4, -0.2) is 28.8 Å². The van der Waals surface area contributed by atoms with Crippen molar-refractivity contribution < 1.29 is 4.74 Å². The van der Waals surface area contributed by atoms with Crippen LogP contribution < -0.4 is 5.32 Å². The smallest absolute Gasteiger partial charge is 0.0949 e. The molecule has 2 aromatic rings. The first-order valence-electron chi connectivity index (χ1n) is 6.80. The fourth-order valence-corrected chi connectivity index (χ4v) is 2.41. The number of nitrogens with zero attached hydrogens (tertiary/aromatic N) is 2. The van der Waals surface area contributed by atoms with Gasteiger partial charge in [-0.1, -0.05) is 12.1 Å². The van der Waals surface area contributed by atoms with Gasteiger partial charge in [0.15, 0.2) is 0 Å². The topological polar surface area (TPSA) is 39.1 Å². The van der Waals surface area contributed by atoms with Gasteiger partial charge in [-0.2, -0.15) is 0 Å². The van der Waals surface area contributed by atoms with Crippen molar-refractivity contribution in [2.75, 3.05) is 18.5 Å². The van der Waals surface area contributed by atoms with Crippen LogP contribution in [0, 0.1) is 0 Å². The SMILES string of the molecule is c1cc(Cn2ccnc2)cc(NCC2CCCO2)c1. The molecule has 0 radical (unpaired) electrons. The Kier molecular flexibility index (Phi) is 3.79. The van der Waals surface area contributed by atoms with Gasteiger partial charge in [-0.05, 0) is 30.5 Å². The summed E-state index contributed by atoms with van der Waals surface area (Å²) in [4.78, 5) is 4.06. The van der Waals surface area contributed by atoms with Crippen LogP contribution in [0.4, 0.5) is 5.69 Å². The molecule has 19 heavy (non-hydrogen) atoms. The van der Waals surface area contributed by atoms with Crippen LogP contribution in [0.3, 0.4) is 0 Å². The lowest BCUT2D eigenvalue weighted by molar-refractivity contribution is 0.120. The summed E-state index contributed by atoms with van der Waals surface area (Å²) >= 11 is 0. The normalized spacial score (nSPS) is 18.6. The molecule has 4 heteroatoms. The third-order valence-electron chi connectivity index (χ3n) is 3.41. The molecule has 3 rings (SSSR count). The molecule has 1 aromatic heterocycles. The lowest BCUT2D eigenvalue weighted by atomic mass is 10.2. The van der Waals surface area contributed by atoms with E-state index < -0.39 is 0 Å². The second-order valence-corrected chi connectivity index (χ2v) is 4.95. The van der Waals surface area contributed by atoms with Gasteiger partial charge in [-0.25, -0.2) is 4.98 Å². The van der Waals surface area contributed by atoms with E-state index in [4.69, 9.17) is 4.74 Å². The van der Waals surface area contributed by atoms with Crippen molar-refractivity contribution >= 4 is 5.69 Å². The first-order chi connectivity index (χ1) is 9.40. The molecule has 0 saturated carbocycles. The highest BCUT2D eigenvalue weighted by atomic mass is 16.5. The molecule has 1 atom stereocenters. The molecule has 100 valence electrons. The monoisotopic (exact) mass is 257 g/mol. The number of nitrogens with one attached hydrogen (secondary N) is 1. The van der Waals surface area contributed by atoms with Crippen molar-refractivity contribution in [1.29, 1.82) is 0 Å². The van der Waals surface area contributed by atoms with E-state index in [1.54, 1.807) is 6.20 Å². The Hall–Kier alpha value is -1.81.